The summed E-state index contributed by atoms with van der Waals surface area (Å²) in [5, 5.41) is 22.6. The Morgan fingerprint density at radius 1 is 1.38 bits per heavy atom. The van der Waals surface area contributed by atoms with Crippen LogP contribution in [0.1, 0.15) is 0 Å². The third-order valence-corrected chi connectivity index (χ3v) is 2.71. The molecule has 2 aromatic heterocycles. The van der Waals surface area contributed by atoms with Crippen molar-refractivity contribution >= 4 is 23.2 Å². The van der Waals surface area contributed by atoms with Gasteiger partial charge in [-0.25, -0.2) is 4.68 Å². The SMILES string of the molecule is OB(O)c1ccc(-n2cccn2)s1. The summed E-state index contributed by atoms with van der Waals surface area (Å²) in [6, 6.07) is 5.29. The third kappa shape index (κ3) is 1.64. The number of nitrogens with zero attached hydrogens (tertiary/aromatic N) is 2. The first-order chi connectivity index (χ1) is 6.27. The highest BCUT2D eigenvalue weighted by molar-refractivity contribution is 7.24. The maximum absolute atomic E-state index is 8.87. The van der Waals surface area contributed by atoms with Gasteiger partial charge in [0.05, 0.1) is 0 Å². The molecule has 6 heteroatoms. The van der Waals surface area contributed by atoms with E-state index < -0.39 is 7.12 Å². The molecule has 0 bridgehead atoms. The Balaban J connectivity index is 2.33. The summed E-state index contributed by atoms with van der Waals surface area (Å²) in [7, 11) is -1.39. The lowest BCUT2D eigenvalue weighted by molar-refractivity contribution is 0.427. The van der Waals surface area contributed by atoms with E-state index in [1.807, 2.05) is 6.07 Å². The van der Waals surface area contributed by atoms with E-state index in [-0.39, 0.29) is 0 Å². The van der Waals surface area contributed by atoms with E-state index in [0.29, 0.717) is 4.78 Å². The Morgan fingerprint density at radius 3 is 2.77 bits per heavy atom. The van der Waals surface area contributed by atoms with Gasteiger partial charge in [0.15, 0.2) is 0 Å². The molecule has 0 aliphatic rings. The topological polar surface area (TPSA) is 58.3 Å². The number of aromatic nitrogens is 2. The first kappa shape index (κ1) is 8.49. The molecule has 2 aromatic rings. The van der Waals surface area contributed by atoms with Crippen LogP contribution < -0.4 is 4.78 Å². The third-order valence-electron chi connectivity index (χ3n) is 1.60. The Hall–Kier alpha value is -1.11. The maximum Gasteiger partial charge on any atom is 0.499 e. The van der Waals surface area contributed by atoms with Crippen LogP contribution in [0.2, 0.25) is 0 Å². The fourth-order valence-electron chi connectivity index (χ4n) is 1.00. The van der Waals surface area contributed by atoms with Crippen LogP contribution in [-0.4, -0.2) is 26.9 Å². The lowest BCUT2D eigenvalue weighted by Gasteiger charge is -1.94. The molecule has 0 aliphatic heterocycles. The molecule has 0 saturated carbocycles. The summed E-state index contributed by atoms with van der Waals surface area (Å²) in [5.41, 5.74) is 0. The van der Waals surface area contributed by atoms with Crippen molar-refractivity contribution in [3.63, 3.8) is 0 Å². The minimum atomic E-state index is -1.39. The molecule has 2 rings (SSSR count). The van der Waals surface area contributed by atoms with E-state index in [1.54, 1.807) is 29.2 Å². The van der Waals surface area contributed by atoms with Gasteiger partial charge in [0.1, 0.15) is 5.00 Å². The lowest BCUT2D eigenvalue weighted by atomic mass is 9.90. The second kappa shape index (κ2) is 3.33. The average molecular weight is 194 g/mol. The van der Waals surface area contributed by atoms with Crippen molar-refractivity contribution in [2.75, 3.05) is 0 Å². The molecule has 0 aromatic carbocycles. The first-order valence-electron chi connectivity index (χ1n) is 3.73. The Labute approximate surface area is 79.2 Å². The van der Waals surface area contributed by atoms with Crippen LogP contribution in [0.4, 0.5) is 0 Å². The summed E-state index contributed by atoms with van der Waals surface area (Å²) in [6.07, 6.45) is 3.48. The van der Waals surface area contributed by atoms with Crippen LogP contribution in [0.5, 0.6) is 0 Å². The lowest BCUT2D eigenvalue weighted by Crippen LogP contribution is -2.26. The minimum absolute atomic E-state index is 0.519. The minimum Gasteiger partial charge on any atom is -0.423 e. The van der Waals surface area contributed by atoms with Crippen LogP contribution >= 0.6 is 11.3 Å². The van der Waals surface area contributed by atoms with Gasteiger partial charge in [-0.05, 0) is 18.2 Å². The second-order valence-corrected chi connectivity index (χ2v) is 3.59. The summed E-state index contributed by atoms with van der Waals surface area (Å²) < 4.78 is 2.20. The molecule has 0 fully saturated rings. The predicted molar refractivity (Wildman–Crippen MR) is 51.3 cm³/mol. The van der Waals surface area contributed by atoms with Crippen LogP contribution in [0.15, 0.2) is 30.6 Å². The van der Waals surface area contributed by atoms with Crippen LogP contribution in [0.3, 0.4) is 0 Å². The molecule has 2 heterocycles. The highest BCUT2D eigenvalue weighted by Gasteiger charge is 2.14. The van der Waals surface area contributed by atoms with Crippen molar-refractivity contribution in [1.82, 2.24) is 9.78 Å². The molecular weight excluding hydrogens is 187 g/mol. The van der Waals surface area contributed by atoms with E-state index in [1.165, 1.54) is 11.3 Å². The molecular formula is C7H7BN2O2S. The standard InChI is InChI=1S/C7H7BN2O2S/c11-8(12)6-2-3-7(13-6)10-5-1-4-9-10/h1-5,11-12H. The van der Waals surface area contributed by atoms with Crippen molar-refractivity contribution < 1.29 is 10.0 Å². The Kier molecular flexibility index (Phi) is 2.18. The molecule has 0 unspecified atom stereocenters. The highest BCUT2D eigenvalue weighted by atomic mass is 32.1. The van der Waals surface area contributed by atoms with Crippen LogP contribution in [-0.2, 0) is 0 Å². The van der Waals surface area contributed by atoms with Gasteiger partial charge >= 0.3 is 7.12 Å². The molecule has 4 nitrogen and oxygen atoms in total. The number of hydrogen-bond acceptors (Lipinski definition) is 4. The number of rotatable bonds is 2. The van der Waals surface area contributed by atoms with Crippen molar-refractivity contribution in [3.8, 4) is 5.00 Å². The van der Waals surface area contributed by atoms with Gasteiger partial charge < -0.3 is 10.0 Å². The van der Waals surface area contributed by atoms with Gasteiger partial charge in [-0.3, -0.25) is 0 Å². The van der Waals surface area contributed by atoms with Gasteiger partial charge in [0.2, 0.25) is 0 Å². The Morgan fingerprint density at radius 2 is 2.23 bits per heavy atom. The van der Waals surface area contributed by atoms with Gasteiger partial charge in [0.25, 0.3) is 0 Å². The summed E-state index contributed by atoms with van der Waals surface area (Å²) in [6.45, 7) is 0. The molecule has 0 saturated heterocycles. The normalized spacial score (nSPS) is 10.3. The second-order valence-electron chi connectivity index (χ2n) is 2.50. The zero-order valence-electron chi connectivity index (χ0n) is 6.66. The van der Waals surface area contributed by atoms with E-state index in [0.717, 1.165) is 5.00 Å². The smallest absolute Gasteiger partial charge is 0.423 e. The van der Waals surface area contributed by atoms with Crippen molar-refractivity contribution in [2.24, 2.45) is 0 Å². The molecule has 0 spiro atoms. The number of hydrogen-bond donors (Lipinski definition) is 2. The van der Waals surface area contributed by atoms with E-state index in [2.05, 4.69) is 5.10 Å². The fraction of sp³-hybridized carbons (Fsp3) is 0. The van der Waals surface area contributed by atoms with Crippen LogP contribution in [0.25, 0.3) is 5.00 Å². The van der Waals surface area contributed by atoms with Crippen molar-refractivity contribution in [1.29, 1.82) is 0 Å². The van der Waals surface area contributed by atoms with Gasteiger partial charge in [0, 0.05) is 17.2 Å². The molecule has 2 N–H and O–H groups in total. The molecule has 0 radical (unpaired) electrons. The first-order valence-corrected chi connectivity index (χ1v) is 4.55. The molecule has 66 valence electrons. The van der Waals surface area contributed by atoms with Gasteiger partial charge in [-0.1, -0.05) is 0 Å². The van der Waals surface area contributed by atoms with Crippen molar-refractivity contribution in [3.05, 3.63) is 30.6 Å². The zero-order valence-corrected chi connectivity index (χ0v) is 7.48. The summed E-state index contributed by atoms with van der Waals surface area (Å²) >= 11 is 1.30. The molecule has 0 atom stereocenters. The number of thiophene rings is 1. The van der Waals surface area contributed by atoms with E-state index in [4.69, 9.17) is 10.0 Å². The summed E-state index contributed by atoms with van der Waals surface area (Å²) in [5.74, 6) is 0. The molecule has 0 aliphatic carbocycles. The van der Waals surface area contributed by atoms with Gasteiger partial charge in [-0.15, -0.1) is 11.3 Å². The maximum atomic E-state index is 8.87. The Bertz CT molecular complexity index is 385. The van der Waals surface area contributed by atoms with Crippen LogP contribution in [0, 0.1) is 0 Å². The van der Waals surface area contributed by atoms with Crippen molar-refractivity contribution in [2.45, 2.75) is 0 Å². The predicted octanol–water partition coefficient (Wildman–Crippen LogP) is -0.386. The summed E-state index contributed by atoms with van der Waals surface area (Å²) in [4.78, 5) is 0. The quantitative estimate of drug-likeness (QED) is 0.640. The molecule has 0 amide bonds. The highest BCUT2D eigenvalue weighted by Crippen LogP contribution is 2.11. The van der Waals surface area contributed by atoms with E-state index in [9.17, 15) is 0 Å². The monoisotopic (exact) mass is 194 g/mol. The van der Waals surface area contributed by atoms with Gasteiger partial charge in [-0.2, -0.15) is 5.10 Å². The molecule has 13 heavy (non-hydrogen) atoms. The largest absolute Gasteiger partial charge is 0.499 e. The zero-order chi connectivity index (χ0) is 9.26. The average Bonchev–Trinajstić information content (AvgIpc) is 2.75. The fourth-order valence-corrected chi connectivity index (χ4v) is 1.82. The van der Waals surface area contributed by atoms with E-state index >= 15 is 0 Å².